The van der Waals surface area contributed by atoms with Crippen LogP contribution < -0.4 is 11.1 Å². The monoisotopic (exact) mass is 223 g/mol. The maximum absolute atomic E-state index is 6.00. The van der Waals surface area contributed by atoms with Crippen molar-refractivity contribution in [3.8, 4) is 0 Å². The van der Waals surface area contributed by atoms with Crippen molar-refractivity contribution in [1.29, 1.82) is 0 Å². The van der Waals surface area contributed by atoms with Crippen LogP contribution in [0, 0.1) is 11.8 Å². The Morgan fingerprint density at radius 1 is 1.44 bits per heavy atom. The smallest absolute Gasteiger partial charge is 0.0445 e. The fourth-order valence-electron chi connectivity index (χ4n) is 3.07. The van der Waals surface area contributed by atoms with Gasteiger partial charge in [0.25, 0.3) is 0 Å². The van der Waals surface area contributed by atoms with Crippen molar-refractivity contribution in [3.63, 3.8) is 0 Å². The van der Waals surface area contributed by atoms with E-state index in [0.717, 1.165) is 24.4 Å². The molecule has 92 valence electrons. The summed E-state index contributed by atoms with van der Waals surface area (Å²) in [5.74, 6) is 1.88. The number of likely N-dealkylation sites (tertiary alicyclic amines) is 1. The van der Waals surface area contributed by atoms with Crippen LogP contribution in [0.4, 0.5) is 0 Å². The summed E-state index contributed by atoms with van der Waals surface area (Å²) in [6, 6.07) is 0.898. The maximum atomic E-state index is 6.00. The fraction of sp³-hybridized carbons (Fsp3) is 1.00. The third-order valence-electron chi connectivity index (χ3n) is 4.85. The maximum Gasteiger partial charge on any atom is 0.0445 e. The van der Waals surface area contributed by atoms with E-state index < -0.39 is 0 Å². The zero-order chi connectivity index (χ0) is 11.2. The van der Waals surface area contributed by atoms with Gasteiger partial charge < -0.3 is 11.1 Å². The second-order valence-electron chi connectivity index (χ2n) is 6.29. The van der Waals surface area contributed by atoms with Gasteiger partial charge in [-0.3, -0.25) is 4.90 Å². The largest absolute Gasteiger partial charge is 0.329 e. The average molecular weight is 223 g/mol. The molecule has 0 aromatic heterocycles. The van der Waals surface area contributed by atoms with Gasteiger partial charge in [0.15, 0.2) is 0 Å². The highest BCUT2D eigenvalue weighted by Gasteiger charge is 2.43. The van der Waals surface area contributed by atoms with E-state index in [1.54, 1.807) is 0 Å². The Hall–Kier alpha value is -0.120. The Kier molecular flexibility index (Phi) is 2.73. The Bertz CT molecular complexity index is 264. The zero-order valence-electron chi connectivity index (χ0n) is 10.4. The van der Waals surface area contributed by atoms with Crippen LogP contribution in [-0.2, 0) is 0 Å². The highest BCUT2D eigenvalue weighted by atomic mass is 15.3. The van der Waals surface area contributed by atoms with Gasteiger partial charge in [0.05, 0.1) is 0 Å². The highest BCUT2D eigenvalue weighted by Crippen LogP contribution is 2.38. The molecule has 1 saturated heterocycles. The van der Waals surface area contributed by atoms with Crippen molar-refractivity contribution in [3.05, 3.63) is 0 Å². The molecule has 1 heterocycles. The molecule has 3 nitrogen and oxygen atoms in total. The van der Waals surface area contributed by atoms with Gasteiger partial charge in [0.2, 0.25) is 0 Å². The van der Waals surface area contributed by atoms with Gasteiger partial charge in [-0.05, 0) is 44.1 Å². The van der Waals surface area contributed by atoms with Crippen LogP contribution in [-0.4, -0.2) is 42.7 Å². The number of nitrogens with two attached hydrogens (primary N) is 1. The first-order chi connectivity index (χ1) is 7.72. The molecule has 3 N–H and O–H groups in total. The number of nitrogens with zero attached hydrogens (tertiary/aromatic N) is 1. The molecule has 0 spiro atoms. The first-order valence-corrected chi connectivity index (χ1v) is 6.92. The van der Waals surface area contributed by atoms with E-state index in [-0.39, 0.29) is 5.54 Å². The molecular weight excluding hydrogens is 198 g/mol. The van der Waals surface area contributed by atoms with E-state index in [9.17, 15) is 0 Å². The lowest BCUT2D eigenvalue weighted by Gasteiger charge is -2.29. The minimum absolute atomic E-state index is 0.241. The SMILES string of the molecule is CC1CC1CNC1(CN)CCN(C2CC2)C1. The van der Waals surface area contributed by atoms with Gasteiger partial charge in [-0.25, -0.2) is 0 Å². The Morgan fingerprint density at radius 3 is 2.75 bits per heavy atom. The molecule has 16 heavy (non-hydrogen) atoms. The minimum Gasteiger partial charge on any atom is -0.329 e. The van der Waals surface area contributed by atoms with Crippen molar-refractivity contribution in [2.45, 2.75) is 44.2 Å². The van der Waals surface area contributed by atoms with Crippen molar-refractivity contribution in [1.82, 2.24) is 10.2 Å². The van der Waals surface area contributed by atoms with Crippen molar-refractivity contribution >= 4 is 0 Å². The highest BCUT2D eigenvalue weighted by molar-refractivity contribution is 5.03. The number of hydrogen-bond acceptors (Lipinski definition) is 3. The molecule has 1 aliphatic heterocycles. The molecule has 2 saturated carbocycles. The van der Waals surface area contributed by atoms with E-state index in [0.29, 0.717) is 0 Å². The minimum atomic E-state index is 0.241. The number of rotatable bonds is 5. The lowest BCUT2D eigenvalue weighted by molar-refractivity contribution is 0.273. The molecule has 3 heteroatoms. The standard InChI is InChI=1S/C13H25N3/c1-10-6-11(10)7-15-13(8-14)4-5-16(9-13)12-2-3-12/h10-12,15H,2-9,14H2,1H3. The van der Waals surface area contributed by atoms with Crippen LogP contribution in [0.1, 0.15) is 32.6 Å². The van der Waals surface area contributed by atoms with Crippen LogP contribution in [0.25, 0.3) is 0 Å². The molecule has 3 atom stereocenters. The third kappa shape index (κ3) is 2.13. The molecule has 3 rings (SSSR count). The summed E-state index contributed by atoms with van der Waals surface area (Å²) < 4.78 is 0. The summed E-state index contributed by atoms with van der Waals surface area (Å²) in [4.78, 5) is 2.65. The van der Waals surface area contributed by atoms with Gasteiger partial charge in [-0.1, -0.05) is 6.92 Å². The quantitative estimate of drug-likeness (QED) is 0.724. The number of hydrogen-bond donors (Lipinski definition) is 2. The van der Waals surface area contributed by atoms with Gasteiger partial charge >= 0.3 is 0 Å². The summed E-state index contributed by atoms with van der Waals surface area (Å²) in [7, 11) is 0. The molecule has 0 bridgehead atoms. The molecule has 0 aromatic rings. The van der Waals surface area contributed by atoms with Crippen LogP contribution in [0.15, 0.2) is 0 Å². The summed E-state index contributed by atoms with van der Waals surface area (Å²) >= 11 is 0. The van der Waals surface area contributed by atoms with Crippen LogP contribution >= 0.6 is 0 Å². The topological polar surface area (TPSA) is 41.3 Å². The van der Waals surface area contributed by atoms with Crippen LogP contribution in [0.5, 0.6) is 0 Å². The van der Waals surface area contributed by atoms with Gasteiger partial charge in [0, 0.05) is 31.2 Å². The second-order valence-corrected chi connectivity index (χ2v) is 6.29. The molecule has 0 amide bonds. The lowest BCUT2D eigenvalue weighted by Crippen LogP contribution is -2.54. The van der Waals surface area contributed by atoms with Gasteiger partial charge in [-0.15, -0.1) is 0 Å². The Morgan fingerprint density at radius 2 is 2.19 bits per heavy atom. The van der Waals surface area contributed by atoms with Crippen molar-refractivity contribution in [2.24, 2.45) is 17.6 Å². The van der Waals surface area contributed by atoms with Crippen LogP contribution in [0.3, 0.4) is 0 Å². The fourth-order valence-corrected chi connectivity index (χ4v) is 3.07. The Balaban J connectivity index is 1.52. The molecule has 0 radical (unpaired) electrons. The van der Waals surface area contributed by atoms with Gasteiger partial charge in [0.1, 0.15) is 0 Å². The summed E-state index contributed by atoms with van der Waals surface area (Å²) in [5, 5.41) is 3.78. The van der Waals surface area contributed by atoms with Crippen LogP contribution in [0.2, 0.25) is 0 Å². The zero-order valence-corrected chi connectivity index (χ0v) is 10.4. The van der Waals surface area contributed by atoms with E-state index in [2.05, 4.69) is 17.1 Å². The summed E-state index contributed by atoms with van der Waals surface area (Å²) in [5.41, 5.74) is 6.24. The average Bonchev–Trinajstić information content (AvgIpc) is 3.20. The predicted octanol–water partition coefficient (Wildman–Crippen LogP) is 0.798. The summed E-state index contributed by atoms with van der Waals surface area (Å²) in [6.07, 6.45) is 5.50. The lowest BCUT2D eigenvalue weighted by atomic mass is 9.98. The van der Waals surface area contributed by atoms with Gasteiger partial charge in [-0.2, -0.15) is 0 Å². The molecule has 3 aliphatic rings. The molecule has 2 aliphatic carbocycles. The predicted molar refractivity (Wildman–Crippen MR) is 66.3 cm³/mol. The third-order valence-corrected chi connectivity index (χ3v) is 4.85. The van der Waals surface area contributed by atoms with E-state index in [1.165, 1.54) is 45.3 Å². The molecule has 3 unspecified atom stereocenters. The van der Waals surface area contributed by atoms with E-state index in [1.807, 2.05) is 0 Å². The van der Waals surface area contributed by atoms with E-state index >= 15 is 0 Å². The normalized spacial score (nSPS) is 43.9. The van der Waals surface area contributed by atoms with E-state index in [4.69, 9.17) is 5.73 Å². The first kappa shape index (κ1) is 11.0. The first-order valence-electron chi connectivity index (χ1n) is 6.92. The summed E-state index contributed by atoms with van der Waals surface area (Å²) in [6.45, 7) is 6.80. The molecular formula is C13H25N3. The second kappa shape index (κ2) is 3.97. The molecule has 0 aromatic carbocycles. The number of nitrogens with one attached hydrogen (secondary N) is 1. The Labute approximate surface area is 98.8 Å². The molecule has 3 fully saturated rings. The van der Waals surface area contributed by atoms with Crippen molar-refractivity contribution < 1.29 is 0 Å². The van der Waals surface area contributed by atoms with Crippen molar-refractivity contribution in [2.75, 3.05) is 26.2 Å².